The molecule has 166 valence electrons. The molecule has 1 aromatic carbocycles. The number of benzene rings is 1. The molecule has 0 bridgehead atoms. The first-order valence-corrected chi connectivity index (χ1v) is 10.6. The monoisotopic (exact) mass is 434 g/mol. The van der Waals surface area contributed by atoms with Gasteiger partial charge in [-0.05, 0) is 49.2 Å². The predicted molar refractivity (Wildman–Crippen MR) is 119 cm³/mol. The second-order valence-electron chi connectivity index (χ2n) is 8.12. The van der Waals surface area contributed by atoms with Gasteiger partial charge in [-0.1, -0.05) is 6.07 Å². The summed E-state index contributed by atoms with van der Waals surface area (Å²) in [6.45, 7) is 7.17. The minimum atomic E-state index is -0.444. The van der Waals surface area contributed by atoms with Crippen molar-refractivity contribution in [3.8, 4) is 11.3 Å². The van der Waals surface area contributed by atoms with Gasteiger partial charge in [-0.3, -0.25) is 19.7 Å². The van der Waals surface area contributed by atoms with Gasteiger partial charge in [-0.2, -0.15) is 0 Å². The van der Waals surface area contributed by atoms with Crippen LogP contribution in [0.4, 0.5) is 0 Å². The van der Waals surface area contributed by atoms with Crippen LogP contribution in [0.15, 0.2) is 36.5 Å². The van der Waals surface area contributed by atoms with Crippen LogP contribution in [0.3, 0.4) is 0 Å². The molecule has 8 heteroatoms. The molecule has 1 N–H and O–H groups in total. The molecule has 0 saturated carbocycles. The highest BCUT2D eigenvalue weighted by Crippen LogP contribution is 2.30. The number of imide groups is 1. The van der Waals surface area contributed by atoms with Gasteiger partial charge < -0.3 is 14.0 Å². The zero-order chi connectivity index (χ0) is 22.8. The predicted octanol–water partition coefficient (Wildman–Crippen LogP) is 2.29. The molecule has 0 unspecified atom stereocenters. The molecule has 8 nitrogen and oxygen atoms in total. The topological polar surface area (TPSA) is 93.0 Å². The summed E-state index contributed by atoms with van der Waals surface area (Å²) in [5.41, 5.74) is 5.93. The van der Waals surface area contributed by atoms with Crippen LogP contribution in [0.5, 0.6) is 0 Å². The number of morpholine rings is 1. The van der Waals surface area contributed by atoms with Gasteiger partial charge in [0.15, 0.2) is 0 Å². The lowest BCUT2D eigenvalue weighted by Gasteiger charge is -2.32. The average Bonchev–Trinajstić information content (AvgIpc) is 3.11. The number of carbonyl (C=O) groups excluding carboxylic acids is 3. The lowest BCUT2D eigenvalue weighted by molar-refractivity contribution is -0.136. The van der Waals surface area contributed by atoms with E-state index in [1.165, 1.54) is 0 Å². The van der Waals surface area contributed by atoms with Crippen molar-refractivity contribution in [1.82, 2.24) is 19.6 Å². The van der Waals surface area contributed by atoms with Crippen LogP contribution in [-0.4, -0.2) is 58.3 Å². The molecule has 1 fully saturated rings. The number of nitrogens with one attached hydrogen (secondary N) is 1. The van der Waals surface area contributed by atoms with E-state index in [0.29, 0.717) is 38.1 Å². The molecule has 1 aliphatic heterocycles. The highest BCUT2D eigenvalue weighted by Gasteiger charge is 2.26. The number of pyridine rings is 1. The van der Waals surface area contributed by atoms with Crippen LogP contribution in [0.25, 0.3) is 16.9 Å². The normalized spacial score (nSPS) is 16.2. The Hall–Kier alpha value is -3.52. The Morgan fingerprint density at radius 2 is 2.06 bits per heavy atom. The molecular formula is C24H26N4O4. The van der Waals surface area contributed by atoms with Crippen molar-refractivity contribution in [1.29, 1.82) is 0 Å². The second kappa shape index (κ2) is 8.92. The molecular weight excluding hydrogens is 408 g/mol. The molecule has 1 saturated heterocycles. The molecule has 0 aliphatic carbocycles. The number of fused-ring (bicyclic) bond motifs is 1. The number of aryl methyl sites for hydroxylation is 2. The van der Waals surface area contributed by atoms with Crippen LogP contribution in [0, 0.1) is 13.8 Å². The Morgan fingerprint density at radius 1 is 1.25 bits per heavy atom. The molecule has 4 rings (SSSR count). The summed E-state index contributed by atoms with van der Waals surface area (Å²) in [6, 6.07) is 9.36. The van der Waals surface area contributed by atoms with E-state index in [2.05, 4.69) is 9.72 Å². The number of imidazole rings is 1. The van der Waals surface area contributed by atoms with Crippen molar-refractivity contribution in [2.45, 2.75) is 33.3 Å². The summed E-state index contributed by atoms with van der Waals surface area (Å²) in [5, 5.41) is 2.17. The first kappa shape index (κ1) is 21.7. The number of hydrogen-bond acceptors (Lipinski definition) is 5. The first-order chi connectivity index (χ1) is 15.4. The molecule has 0 spiro atoms. The maximum atomic E-state index is 12.0. The lowest BCUT2D eigenvalue weighted by Crippen LogP contribution is -2.45. The van der Waals surface area contributed by atoms with Crippen molar-refractivity contribution >= 4 is 23.9 Å². The molecule has 1 aliphatic rings. The minimum absolute atomic E-state index is 0.0484. The summed E-state index contributed by atoms with van der Waals surface area (Å²) >= 11 is 0. The lowest BCUT2D eigenvalue weighted by atomic mass is 9.99. The van der Waals surface area contributed by atoms with Crippen LogP contribution in [0.1, 0.15) is 34.1 Å². The fraction of sp³-hybridized carbons (Fsp3) is 0.333. The maximum absolute atomic E-state index is 12.0. The van der Waals surface area contributed by atoms with E-state index in [0.717, 1.165) is 33.7 Å². The molecule has 1 atom stereocenters. The number of aromatic nitrogens is 2. The molecule has 2 aromatic heterocycles. The van der Waals surface area contributed by atoms with Crippen molar-refractivity contribution in [3.63, 3.8) is 0 Å². The molecule has 3 aromatic rings. The second-order valence-corrected chi connectivity index (χ2v) is 8.12. The van der Waals surface area contributed by atoms with Gasteiger partial charge in [0.1, 0.15) is 5.65 Å². The summed E-state index contributed by atoms with van der Waals surface area (Å²) in [4.78, 5) is 41.2. The van der Waals surface area contributed by atoms with Crippen molar-refractivity contribution in [2.24, 2.45) is 0 Å². The van der Waals surface area contributed by atoms with Gasteiger partial charge in [-0.25, -0.2) is 4.98 Å². The standard InChI is InChI=1S/C24H26N4O4/c1-15-6-7-28-21(12-19-13-27(17(3)30)8-9-32-19)23(26-22(28)10-15)20-5-4-18(11-16(20)2)24(31)25-14-29/h4-7,10-11,14,19H,8-9,12-13H2,1-3H3,(H,25,29,31)/t19-/m0/s1. The van der Waals surface area contributed by atoms with E-state index >= 15 is 0 Å². The van der Waals surface area contributed by atoms with Crippen molar-refractivity contribution < 1.29 is 19.1 Å². The van der Waals surface area contributed by atoms with Crippen molar-refractivity contribution in [2.75, 3.05) is 19.7 Å². The van der Waals surface area contributed by atoms with Crippen LogP contribution >= 0.6 is 0 Å². The highest BCUT2D eigenvalue weighted by molar-refractivity contribution is 6.00. The van der Waals surface area contributed by atoms with E-state index in [4.69, 9.17) is 9.72 Å². The quantitative estimate of drug-likeness (QED) is 0.622. The number of ether oxygens (including phenoxy) is 1. The maximum Gasteiger partial charge on any atom is 0.257 e. The Labute approximate surface area is 186 Å². The smallest absolute Gasteiger partial charge is 0.257 e. The number of carbonyl (C=O) groups is 3. The fourth-order valence-corrected chi connectivity index (χ4v) is 4.16. The van der Waals surface area contributed by atoms with E-state index in [-0.39, 0.29) is 12.0 Å². The number of rotatable bonds is 5. The molecule has 3 amide bonds. The van der Waals surface area contributed by atoms with Crippen LogP contribution in [0.2, 0.25) is 0 Å². The Balaban J connectivity index is 1.75. The molecule has 3 heterocycles. The van der Waals surface area contributed by atoms with Gasteiger partial charge in [-0.15, -0.1) is 0 Å². The first-order valence-electron chi connectivity index (χ1n) is 10.6. The van der Waals surface area contributed by atoms with Crippen LogP contribution in [-0.2, 0) is 20.7 Å². The summed E-state index contributed by atoms with van der Waals surface area (Å²) < 4.78 is 8.04. The average molecular weight is 434 g/mol. The van der Waals surface area contributed by atoms with Crippen molar-refractivity contribution in [3.05, 3.63) is 58.9 Å². The third-order valence-electron chi connectivity index (χ3n) is 5.82. The van der Waals surface area contributed by atoms with Crippen LogP contribution < -0.4 is 5.32 Å². The number of nitrogens with zero attached hydrogens (tertiary/aromatic N) is 3. The highest BCUT2D eigenvalue weighted by atomic mass is 16.5. The van der Waals surface area contributed by atoms with Gasteiger partial charge in [0, 0.05) is 43.8 Å². The van der Waals surface area contributed by atoms with E-state index < -0.39 is 5.91 Å². The Bertz CT molecular complexity index is 1200. The molecule has 32 heavy (non-hydrogen) atoms. The largest absolute Gasteiger partial charge is 0.374 e. The minimum Gasteiger partial charge on any atom is -0.374 e. The number of hydrogen-bond donors (Lipinski definition) is 1. The summed E-state index contributed by atoms with van der Waals surface area (Å²) in [7, 11) is 0. The van der Waals surface area contributed by atoms with E-state index in [1.54, 1.807) is 19.1 Å². The Kier molecular flexibility index (Phi) is 6.05. The zero-order valence-electron chi connectivity index (χ0n) is 18.4. The summed E-state index contributed by atoms with van der Waals surface area (Å²) in [5.74, 6) is -0.396. The third-order valence-corrected chi connectivity index (χ3v) is 5.82. The SMILES string of the molecule is CC(=O)N1CCO[C@@H](Cc2c(-c3ccc(C(=O)NC=O)cc3C)nc3cc(C)ccn23)C1. The molecule has 0 radical (unpaired) electrons. The van der Waals surface area contributed by atoms with E-state index in [9.17, 15) is 14.4 Å². The zero-order valence-corrected chi connectivity index (χ0v) is 18.4. The fourth-order valence-electron chi connectivity index (χ4n) is 4.16. The third kappa shape index (κ3) is 4.27. The Morgan fingerprint density at radius 3 is 2.78 bits per heavy atom. The van der Waals surface area contributed by atoms with Gasteiger partial charge in [0.25, 0.3) is 5.91 Å². The summed E-state index contributed by atoms with van der Waals surface area (Å²) in [6.07, 6.45) is 2.84. The van der Waals surface area contributed by atoms with E-state index in [1.807, 2.05) is 43.1 Å². The van der Waals surface area contributed by atoms with Gasteiger partial charge in [0.05, 0.1) is 24.1 Å². The number of amides is 3. The van der Waals surface area contributed by atoms with Gasteiger partial charge in [0.2, 0.25) is 12.3 Å². The van der Waals surface area contributed by atoms with Gasteiger partial charge >= 0.3 is 0 Å².